The topological polar surface area (TPSA) is 72.6 Å². The van der Waals surface area contributed by atoms with Gasteiger partial charge in [0.1, 0.15) is 5.75 Å². The summed E-state index contributed by atoms with van der Waals surface area (Å²) in [5.74, 6) is 0.513. The average molecular weight is 363 g/mol. The number of ether oxygens (including phenoxy) is 1. The molecule has 20 heavy (non-hydrogen) atoms. The minimum absolute atomic E-state index is 0.136. The van der Waals surface area contributed by atoms with E-state index >= 15 is 0 Å². The molecule has 0 bridgehead atoms. The minimum Gasteiger partial charge on any atom is -0.497 e. The van der Waals surface area contributed by atoms with E-state index in [1.54, 1.807) is 12.1 Å². The van der Waals surface area contributed by atoms with Gasteiger partial charge in [0, 0.05) is 23.6 Å². The van der Waals surface area contributed by atoms with Gasteiger partial charge in [0.05, 0.1) is 12.0 Å². The van der Waals surface area contributed by atoms with E-state index < -0.39 is 10.0 Å². The Labute approximate surface area is 128 Å². The molecule has 0 aliphatic carbocycles. The van der Waals surface area contributed by atoms with E-state index in [1.165, 1.54) is 17.5 Å². The second-order valence-corrected chi connectivity index (χ2v) is 8.28. The zero-order valence-corrected chi connectivity index (χ0v) is 14.0. The van der Waals surface area contributed by atoms with E-state index in [4.69, 9.17) is 10.5 Å². The maximum Gasteiger partial charge on any atom is 0.243 e. The number of hydrogen-bond donors (Lipinski definition) is 1. The molecule has 2 rings (SSSR count). The summed E-state index contributed by atoms with van der Waals surface area (Å²) in [6.45, 7) is 3.47. The maximum atomic E-state index is 12.7. The highest BCUT2D eigenvalue weighted by molar-refractivity contribution is 9.10. The molecule has 7 heteroatoms. The van der Waals surface area contributed by atoms with Gasteiger partial charge in [-0.3, -0.25) is 0 Å². The fourth-order valence-electron chi connectivity index (χ4n) is 2.30. The zero-order valence-electron chi connectivity index (χ0n) is 11.6. The first-order valence-corrected chi connectivity index (χ1v) is 8.59. The maximum absolute atomic E-state index is 12.7. The van der Waals surface area contributed by atoms with Crippen LogP contribution in [0.3, 0.4) is 0 Å². The summed E-state index contributed by atoms with van der Waals surface area (Å²) in [5.41, 5.74) is 5.60. The lowest BCUT2D eigenvalue weighted by Crippen LogP contribution is -2.34. The highest BCUT2D eigenvalue weighted by Crippen LogP contribution is 2.34. The molecule has 0 radical (unpaired) electrons. The first-order valence-electron chi connectivity index (χ1n) is 6.35. The Bertz CT molecular complexity index is 606. The van der Waals surface area contributed by atoms with Crippen molar-refractivity contribution in [2.45, 2.75) is 18.2 Å². The van der Waals surface area contributed by atoms with E-state index in [1.807, 2.05) is 6.92 Å². The van der Waals surface area contributed by atoms with Crippen molar-refractivity contribution < 1.29 is 13.2 Å². The summed E-state index contributed by atoms with van der Waals surface area (Å²) in [7, 11) is -1.99. The Morgan fingerprint density at radius 1 is 1.45 bits per heavy atom. The Hall–Kier alpha value is -0.630. The van der Waals surface area contributed by atoms with Gasteiger partial charge in [-0.1, -0.05) is 22.9 Å². The van der Waals surface area contributed by atoms with Crippen molar-refractivity contribution in [2.75, 3.05) is 26.7 Å². The molecule has 0 aromatic heterocycles. The third kappa shape index (κ3) is 3.00. The van der Waals surface area contributed by atoms with Crippen molar-refractivity contribution in [3.8, 4) is 5.75 Å². The Morgan fingerprint density at radius 3 is 2.70 bits per heavy atom. The van der Waals surface area contributed by atoms with Gasteiger partial charge in [0.2, 0.25) is 10.0 Å². The fourth-order valence-corrected chi connectivity index (χ4v) is 4.58. The van der Waals surface area contributed by atoms with E-state index in [-0.39, 0.29) is 10.3 Å². The van der Waals surface area contributed by atoms with Gasteiger partial charge in [-0.25, -0.2) is 8.42 Å². The quantitative estimate of drug-likeness (QED) is 0.886. The monoisotopic (exact) mass is 362 g/mol. The lowest BCUT2D eigenvalue weighted by molar-refractivity contribution is 0.349. The number of methoxy groups -OCH3 is 1. The van der Waals surface area contributed by atoms with Gasteiger partial charge in [-0.2, -0.15) is 4.31 Å². The molecule has 1 aromatic rings. The highest BCUT2D eigenvalue weighted by atomic mass is 79.9. The normalized spacial score (nSPS) is 24.0. The summed E-state index contributed by atoms with van der Waals surface area (Å²) in [6, 6.07) is 4.86. The van der Waals surface area contributed by atoms with Gasteiger partial charge in [0.15, 0.2) is 0 Å². The molecule has 0 saturated carbocycles. The molecule has 2 N–H and O–H groups in total. The zero-order chi connectivity index (χ0) is 15.0. The van der Waals surface area contributed by atoms with Crippen LogP contribution in [-0.2, 0) is 10.0 Å². The van der Waals surface area contributed by atoms with Gasteiger partial charge in [0.25, 0.3) is 0 Å². The van der Waals surface area contributed by atoms with Crippen LogP contribution in [0.25, 0.3) is 0 Å². The first kappa shape index (κ1) is 15.8. The average Bonchev–Trinajstić information content (AvgIpc) is 2.82. The predicted molar refractivity (Wildman–Crippen MR) is 81.2 cm³/mol. The summed E-state index contributed by atoms with van der Waals surface area (Å²) in [6.07, 6.45) is 0.786. The molecule has 1 fully saturated rings. The van der Waals surface area contributed by atoms with Crippen molar-refractivity contribution in [2.24, 2.45) is 11.1 Å². The number of rotatable bonds is 4. The lowest BCUT2D eigenvalue weighted by atomic mass is 9.90. The number of sulfonamides is 1. The van der Waals surface area contributed by atoms with Crippen LogP contribution >= 0.6 is 15.9 Å². The number of nitrogens with zero attached hydrogens (tertiary/aromatic N) is 1. The van der Waals surface area contributed by atoms with Crippen LogP contribution < -0.4 is 10.5 Å². The van der Waals surface area contributed by atoms with Crippen molar-refractivity contribution >= 4 is 26.0 Å². The van der Waals surface area contributed by atoms with Gasteiger partial charge >= 0.3 is 0 Å². The van der Waals surface area contributed by atoms with Crippen LogP contribution in [0, 0.1) is 5.41 Å². The number of halogens is 1. The van der Waals surface area contributed by atoms with Gasteiger partial charge < -0.3 is 10.5 Å². The van der Waals surface area contributed by atoms with E-state index in [0.717, 1.165) is 6.42 Å². The molecular weight excluding hydrogens is 344 g/mol. The largest absolute Gasteiger partial charge is 0.497 e. The third-order valence-electron chi connectivity index (χ3n) is 3.73. The standard InChI is InChI=1S/C13H19BrN2O3S/c1-13(8-15)3-4-16(9-13)20(17,18)12-6-10(14)5-11(7-12)19-2/h5-7H,3-4,8-9,15H2,1-2H3. The van der Waals surface area contributed by atoms with Crippen LogP contribution in [0.4, 0.5) is 0 Å². The number of benzene rings is 1. The molecule has 1 saturated heterocycles. The summed E-state index contributed by atoms with van der Waals surface area (Å²) in [5, 5.41) is 0. The van der Waals surface area contributed by atoms with Crippen molar-refractivity contribution in [3.63, 3.8) is 0 Å². The van der Waals surface area contributed by atoms with Gasteiger partial charge in [-0.05, 0) is 30.5 Å². The number of nitrogens with two attached hydrogens (primary N) is 1. The van der Waals surface area contributed by atoms with Gasteiger partial charge in [-0.15, -0.1) is 0 Å². The first-order chi connectivity index (χ1) is 9.30. The Kier molecular flexibility index (Phi) is 4.44. The minimum atomic E-state index is -3.51. The van der Waals surface area contributed by atoms with Crippen LogP contribution in [-0.4, -0.2) is 39.5 Å². The Balaban J connectivity index is 2.34. The molecule has 1 atom stereocenters. The van der Waals surface area contributed by atoms with E-state index in [9.17, 15) is 8.42 Å². The molecule has 0 spiro atoms. The number of hydrogen-bond acceptors (Lipinski definition) is 4. The fraction of sp³-hybridized carbons (Fsp3) is 0.538. The third-order valence-corrected chi connectivity index (χ3v) is 6.01. The van der Waals surface area contributed by atoms with Crippen LogP contribution in [0.15, 0.2) is 27.6 Å². The van der Waals surface area contributed by atoms with Crippen molar-refractivity contribution in [3.05, 3.63) is 22.7 Å². The summed E-state index contributed by atoms with van der Waals surface area (Å²) >= 11 is 3.31. The molecule has 112 valence electrons. The van der Waals surface area contributed by atoms with Crippen molar-refractivity contribution in [1.29, 1.82) is 0 Å². The van der Waals surface area contributed by atoms with Crippen LogP contribution in [0.5, 0.6) is 5.75 Å². The Morgan fingerprint density at radius 2 is 2.15 bits per heavy atom. The predicted octanol–water partition coefficient (Wildman–Crippen LogP) is 1.82. The molecule has 0 amide bonds. The van der Waals surface area contributed by atoms with Crippen LogP contribution in [0.2, 0.25) is 0 Å². The molecule has 1 aliphatic heterocycles. The summed E-state index contributed by atoms with van der Waals surface area (Å²) < 4.78 is 32.6. The van der Waals surface area contributed by atoms with Crippen molar-refractivity contribution in [1.82, 2.24) is 4.31 Å². The van der Waals surface area contributed by atoms with Crippen LogP contribution in [0.1, 0.15) is 13.3 Å². The molecule has 1 unspecified atom stereocenters. The SMILES string of the molecule is COc1cc(Br)cc(S(=O)(=O)N2CCC(C)(CN)C2)c1. The molecule has 1 heterocycles. The van der Waals surface area contributed by atoms with E-state index in [2.05, 4.69) is 15.9 Å². The second-order valence-electron chi connectivity index (χ2n) is 5.43. The smallest absolute Gasteiger partial charge is 0.243 e. The summed E-state index contributed by atoms with van der Waals surface area (Å²) in [4.78, 5) is 0.241. The molecular formula is C13H19BrN2O3S. The second kappa shape index (κ2) is 5.63. The molecule has 1 aromatic carbocycles. The highest BCUT2D eigenvalue weighted by Gasteiger charge is 2.39. The van der Waals surface area contributed by atoms with E-state index in [0.29, 0.717) is 29.9 Å². The lowest BCUT2D eigenvalue weighted by Gasteiger charge is -2.22. The molecule has 1 aliphatic rings. The molecule has 5 nitrogen and oxygen atoms in total.